The lowest BCUT2D eigenvalue weighted by Gasteiger charge is -2.01. The molecule has 0 N–H and O–H groups in total. The number of hydrogen-bond acceptors (Lipinski definition) is 3. The highest BCUT2D eigenvalue weighted by molar-refractivity contribution is 5.21. The first-order chi connectivity index (χ1) is 6.15. The number of rotatable bonds is 1. The van der Waals surface area contributed by atoms with E-state index in [1.807, 2.05) is 13.8 Å². The quantitative estimate of drug-likeness (QED) is 0.669. The van der Waals surface area contributed by atoms with Gasteiger partial charge >= 0.3 is 0 Å². The Morgan fingerprint density at radius 3 is 2.23 bits per heavy atom. The molecule has 3 nitrogen and oxygen atoms in total. The van der Waals surface area contributed by atoms with Gasteiger partial charge in [-0.15, -0.1) is 0 Å². The van der Waals surface area contributed by atoms with Crippen LogP contribution in [0.1, 0.15) is 31.7 Å². The van der Waals surface area contributed by atoms with Gasteiger partial charge in [-0.3, -0.25) is 0 Å². The fourth-order valence-corrected chi connectivity index (χ4v) is 0.716. The van der Waals surface area contributed by atoms with E-state index in [-0.39, 0.29) is 0 Å². The molecular formula is C10H18N2O. The predicted molar refractivity (Wildman–Crippen MR) is 54.0 cm³/mol. The zero-order valence-corrected chi connectivity index (χ0v) is 9.09. The van der Waals surface area contributed by atoms with Crippen LogP contribution < -0.4 is 4.74 Å². The van der Waals surface area contributed by atoms with Crippen LogP contribution in [0.2, 0.25) is 0 Å². The molecule has 0 aliphatic rings. The minimum absolute atomic E-state index is 0.660. The number of aryl methyl sites for hydroxylation is 2. The van der Waals surface area contributed by atoms with Gasteiger partial charge in [0.1, 0.15) is 5.82 Å². The van der Waals surface area contributed by atoms with Crippen molar-refractivity contribution < 1.29 is 4.74 Å². The summed E-state index contributed by atoms with van der Waals surface area (Å²) in [6.45, 7) is 8.00. The van der Waals surface area contributed by atoms with Crippen molar-refractivity contribution in [2.75, 3.05) is 7.11 Å². The molecule has 0 saturated heterocycles. The van der Waals surface area contributed by atoms with Crippen molar-refractivity contribution in [3.8, 4) is 5.88 Å². The summed E-state index contributed by atoms with van der Waals surface area (Å²) in [5.41, 5.74) is 0.966. The lowest BCUT2D eigenvalue weighted by molar-refractivity contribution is 0.392. The Kier molecular flexibility index (Phi) is 5.85. The first-order valence-corrected chi connectivity index (χ1v) is 4.49. The summed E-state index contributed by atoms with van der Waals surface area (Å²) in [5, 5.41) is 0. The largest absolute Gasteiger partial charge is 0.481 e. The van der Waals surface area contributed by atoms with Crippen molar-refractivity contribution >= 4 is 0 Å². The van der Waals surface area contributed by atoms with E-state index in [2.05, 4.69) is 23.8 Å². The molecule has 0 bridgehead atoms. The van der Waals surface area contributed by atoms with Gasteiger partial charge in [0, 0.05) is 11.8 Å². The Bertz CT molecular complexity index is 249. The monoisotopic (exact) mass is 182 g/mol. The number of ether oxygens (including phenoxy) is 1. The molecule has 3 heteroatoms. The lowest BCUT2D eigenvalue weighted by atomic mass is 10.4. The molecule has 1 aromatic rings. The summed E-state index contributed by atoms with van der Waals surface area (Å²) in [4.78, 5) is 8.05. The molecule has 74 valence electrons. The zero-order chi connectivity index (χ0) is 10.3. The van der Waals surface area contributed by atoms with Crippen LogP contribution in [0.25, 0.3) is 0 Å². The lowest BCUT2D eigenvalue weighted by Crippen LogP contribution is -1.94. The summed E-state index contributed by atoms with van der Waals surface area (Å²) in [6.07, 6.45) is 3.00. The van der Waals surface area contributed by atoms with Crippen LogP contribution in [-0.2, 0) is 0 Å². The number of aromatic nitrogens is 2. The van der Waals surface area contributed by atoms with Crippen molar-refractivity contribution in [3.63, 3.8) is 0 Å². The molecule has 1 heterocycles. The van der Waals surface area contributed by atoms with Gasteiger partial charge in [-0.1, -0.05) is 20.3 Å². The molecule has 0 spiro atoms. The molecule has 0 atom stereocenters. The molecule has 0 aliphatic carbocycles. The highest BCUT2D eigenvalue weighted by Gasteiger charge is 1.98. The number of methoxy groups -OCH3 is 1. The van der Waals surface area contributed by atoms with E-state index in [0.29, 0.717) is 5.88 Å². The van der Waals surface area contributed by atoms with Crippen LogP contribution in [0, 0.1) is 13.8 Å². The third-order valence-corrected chi connectivity index (χ3v) is 1.24. The molecule has 0 amide bonds. The molecule has 0 radical (unpaired) electrons. The highest BCUT2D eigenvalue weighted by Crippen LogP contribution is 2.10. The van der Waals surface area contributed by atoms with E-state index in [4.69, 9.17) is 4.74 Å². The highest BCUT2D eigenvalue weighted by atomic mass is 16.5. The van der Waals surface area contributed by atoms with Crippen molar-refractivity contribution in [2.45, 2.75) is 34.1 Å². The van der Waals surface area contributed by atoms with Crippen LogP contribution in [-0.4, -0.2) is 17.1 Å². The van der Waals surface area contributed by atoms with Gasteiger partial charge in [0.05, 0.1) is 7.11 Å². The summed E-state index contributed by atoms with van der Waals surface area (Å²) in [7, 11) is 1.61. The maximum absolute atomic E-state index is 4.97. The van der Waals surface area contributed by atoms with E-state index in [0.717, 1.165) is 11.4 Å². The van der Waals surface area contributed by atoms with E-state index in [1.54, 1.807) is 13.3 Å². The second-order valence-electron chi connectivity index (χ2n) is 2.82. The number of nitrogens with zero attached hydrogens (tertiary/aromatic N) is 2. The van der Waals surface area contributed by atoms with Gasteiger partial charge < -0.3 is 4.74 Å². The minimum atomic E-state index is 0.660. The van der Waals surface area contributed by atoms with E-state index >= 15 is 0 Å². The summed E-state index contributed by atoms with van der Waals surface area (Å²) < 4.78 is 4.97. The van der Waals surface area contributed by atoms with Crippen molar-refractivity contribution in [2.24, 2.45) is 0 Å². The smallest absolute Gasteiger partial charge is 0.219 e. The van der Waals surface area contributed by atoms with E-state index < -0.39 is 0 Å². The van der Waals surface area contributed by atoms with E-state index in [1.165, 1.54) is 6.42 Å². The van der Waals surface area contributed by atoms with Gasteiger partial charge in [0.25, 0.3) is 0 Å². The van der Waals surface area contributed by atoms with Crippen molar-refractivity contribution in [1.29, 1.82) is 0 Å². The first-order valence-electron chi connectivity index (χ1n) is 4.49. The Balaban J connectivity index is 0.000000424. The second kappa shape index (κ2) is 6.40. The molecule has 1 rings (SSSR count). The summed E-state index contributed by atoms with van der Waals surface area (Å²) in [5.74, 6) is 1.40. The maximum Gasteiger partial charge on any atom is 0.219 e. The van der Waals surface area contributed by atoms with Crippen LogP contribution in [0.5, 0.6) is 5.88 Å². The van der Waals surface area contributed by atoms with Gasteiger partial charge in [0.2, 0.25) is 5.88 Å². The Morgan fingerprint density at radius 2 is 1.85 bits per heavy atom. The first kappa shape index (κ1) is 11.9. The Labute approximate surface area is 80.2 Å². The van der Waals surface area contributed by atoms with E-state index in [9.17, 15) is 0 Å². The SMILES string of the molecule is CCC.COc1nc(C)ncc1C. The van der Waals surface area contributed by atoms with Crippen LogP contribution in [0.4, 0.5) is 0 Å². The fourth-order valence-electron chi connectivity index (χ4n) is 0.716. The summed E-state index contributed by atoms with van der Waals surface area (Å²) >= 11 is 0. The predicted octanol–water partition coefficient (Wildman–Crippen LogP) is 2.52. The maximum atomic E-state index is 4.97. The normalized spacial score (nSPS) is 8.69. The van der Waals surface area contributed by atoms with Crippen molar-refractivity contribution in [3.05, 3.63) is 17.6 Å². The van der Waals surface area contributed by atoms with Crippen LogP contribution in [0.3, 0.4) is 0 Å². The van der Waals surface area contributed by atoms with Gasteiger partial charge in [-0.05, 0) is 13.8 Å². The average molecular weight is 182 g/mol. The van der Waals surface area contributed by atoms with Crippen LogP contribution >= 0.6 is 0 Å². The molecule has 13 heavy (non-hydrogen) atoms. The molecule has 0 saturated carbocycles. The second-order valence-corrected chi connectivity index (χ2v) is 2.82. The van der Waals surface area contributed by atoms with Gasteiger partial charge in [-0.2, -0.15) is 4.98 Å². The molecule has 0 aliphatic heterocycles. The third-order valence-electron chi connectivity index (χ3n) is 1.24. The van der Waals surface area contributed by atoms with Crippen LogP contribution in [0.15, 0.2) is 6.20 Å². The van der Waals surface area contributed by atoms with Gasteiger partial charge in [-0.25, -0.2) is 4.98 Å². The molecular weight excluding hydrogens is 164 g/mol. The molecule has 0 fully saturated rings. The third kappa shape index (κ3) is 4.45. The standard InChI is InChI=1S/C7H10N2O.C3H8/c1-5-4-8-6(2)9-7(5)10-3;1-3-2/h4H,1-3H3;3H2,1-2H3. The Hall–Kier alpha value is -1.12. The minimum Gasteiger partial charge on any atom is -0.481 e. The molecule has 0 unspecified atom stereocenters. The molecule has 0 aromatic carbocycles. The number of hydrogen-bond donors (Lipinski definition) is 0. The zero-order valence-electron chi connectivity index (χ0n) is 9.09. The van der Waals surface area contributed by atoms with Gasteiger partial charge in [0.15, 0.2) is 0 Å². The topological polar surface area (TPSA) is 35.0 Å². The Morgan fingerprint density at radius 1 is 1.31 bits per heavy atom. The molecule has 1 aromatic heterocycles. The van der Waals surface area contributed by atoms with Crippen molar-refractivity contribution in [1.82, 2.24) is 9.97 Å². The fraction of sp³-hybridized carbons (Fsp3) is 0.600. The average Bonchev–Trinajstić information content (AvgIpc) is 2.10. The summed E-state index contributed by atoms with van der Waals surface area (Å²) in [6, 6.07) is 0.